The maximum atomic E-state index is 12.4. The van der Waals surface area contributed by atoms with Crippen LogP contribution in [0.4, 0.5) is 13.2 Å². The van der Waals surface area contributed by atoms with Gasteiger partial charge in [-0.1, -0.05) is 0 Å². The number of alkyl halides is 3. The number of hydrogen-bond donors (Lipinski definition) is 1. The molecular weight excluding hydrogens is 283 g/mol. The predicted molar refractivity (Wildman–Crippen MR) is 69.7 cm³/mol. The first-order valence-corrected chi connectivity index (χ1v) is 7.00. The molecule has 114 valence electrons. The van der Waals surface area contributed by atoms with Gasteiger partial charge in [0, 0.05) is 18.8 Å². The Hall–Kier alpha value is -1.63. The molecule has 7 heteroatoms. The number of pyridine rings is 1. The van der Waals surface area contributed by atoms with Crippen LogP contribution in [0.2, 0.25) is 0 Å². The van der Waals surface area contributed by atoms with Gasteiger partial charge in [0.15, 0.2) is 0 Å². The largest absolute Gasteiger partial charge is 0.417 e. The average molecular weight is 299 g/mol. The summed E-state index contributed by atoms with van der Waals surface area (Å²) in [6, 6.07) is 2.09. The molecule has 3 aliphatic rings. The number of hydrogen-bond acceptors (Lipinski definition) is 3. The molecule has 21 heavy (non-hydrogen) atoms. The van der Waals surface area contributed by atoms with Crippen LogP contribution in [0, 0.1) is 5.92 Å². The summed E-state index contributed by atoms with van der Waals surface area (Å²) in [5.74, 6) is 0.0656. The van der Waals surface area contributed by atoms with Crippen molar-refractivity contribution in [1.29, 1.82) is 0 Å². The number of aromatic nitrogens is 1. The van der Waals surface area contributed by atoms with Gasteiger partial charge in [0.1, 0.15) is 5.69 Å². The topological polar surface area (TPSA) is 45.2 Å². The van der Waals surface area contributed by atoms with Crippen molar-refractivity contribution in [3.63, 3.8) is 0 Å². The SMILES string of the molecule is O=C(NC1CN2CCC1CC2)c1ccc(C(F)(F)F)cn1. The first kappa shape index (κ1) is 14.3. The number of carbonyl (C=O) groups is 1. The van der Waals surface area contributed by atoms with E-state index < -0.39 is 17.6 Å². The van der Waals surface area contributed by atoms with Gasteiger partial charge in [-0.25, -0.2) is 0 Å². The van der Waals surface area contributed by atoms with E-state index in [2.05, 4.69) is 15.2 Å². The molecule has 1 amide bonds. The molecule has 3 saturated heterocycles. The van der Waals surface area contributed by atoms with Crippen LogP contribution < -0.4 is 5.32 Å². The molecule has 2 bridgehead atoms. The fraction of sp³-hybridized carbons (Fsp3) is 0.571. The molecule has 1 unspecified atom stereocenters. The first-order valence-electron chi connectivity index (χ1n) is 7.00. The van der Waals surface area contributed by atoms with Crippen molar-refractivity contribution in [2.24, 2.45) is 5.92 Å². The van der Waals surface area contributed by atoms with Crippen LogP contribution in [0.1, 0.15) is 28.9 Å². The van der Waals surface area contributed by atoms with Crippen molar-refractivity contribution in [2.45, 2.75) is 25.1 Å². The van der Waals surface area contributed by atoms with Crippen molar-refractivity contribution in [2.75, 3.05) is 19.6 Å². The Morgan fingerprint density at radius 3 is 2.48 bits per heavy atom. The van der Waals surface area contributed by atoms with E-state index in [0.717, 1.165) is 44.6 Å². The third-order valence-electron chi connectivity index (χ3n) is 4.30. The summed E-state index contributed by atoms with van der Waals surface area (Å²) in [5, 5.41) is 2.90. The van der Waals surface area contributed by atoms with Crippen molar-refractivity contribution in [3.05, 3.63) is 29.6 Å². The van der Waals surface area contributed by atoms with E-state index in [9.17, 15) is 18.0 Å². The number of amides is 1. The summed E-state index contributed by atoms with van der Waals surface area (Å²) in [7, 11) is 0. The molecule has 3 aliphatic heterocycles. The van der Waals surface area contributed by atoms with Gasteiger partial charge in [-0.2, -0.15) is 13.2 Å². The third kappa shape index (κ3) is 3.02. The summed E-state index contributed by atoms with van der Waals surface area (Å²) in [6.07, 6.45) is -1.61. The van der Waals surface area contributed by atoms with E-state index in [-0.39, 0.29) is 11.7 Å². The fourth-order valence-corrected chi connectivity index (χ4v) is 3.07. The molecular formula is C14H16F3N3O. The zero-order valence-corrected chi connectivity index (χ0v) is 11.4. The van der Waals surface area contributed by atoms with Crippen LogP contribution in [0.25, 0.3) is 0 Å². The maximum absolute atomic E-state index is 12.4. The zero-order valence-electron chi connectivity index (χ0n) is 11.4. The highest BCUT2D eigenvalue weighted by Gasteiger charge is 2.35. The quantitative estimate of drug-likeness (QED) is 0.907. The number of rotatable bonds is 2. The van der Waals surface area contributed by atoms with Gasteiger partial charge in [0.25, 0.3) is 5.91 Å². The number of piperidine rings is 3. The van der Waals surface area contributed by atoms with Crippen LogP contribution in [-0.2, 0) is 6.18 Å². The lowest BCUT2D eigenvalue weighted by atomic mass is 9.84. The number of carbonyl (C=O) groups excluding carboxylic acids is 1. The Morgan fingerprint density at radius 1 is 1.29 bits per heavy atom. The van der Waals surface area contributed by atoms with Gasteiger partial charge in [-0.05, 0) is 44.0 Å². The third-order valence-corrected chi connectivity index (χ3v) is 4.30. The lowest BCUT2D eigenvalue weighted by Gasteiger charge is -2.44. The minimum absolute atomic E-state index is 0.0273. The van der Waals surface area contributed by atoms with Crippen molar-refractivity contribution >= 4 is 5.91 Å². The van der Waals surface area contributed by atoms with E-state index in [1.54, 1.807) is 0 Å². The van der Waals surface area contributed by atoms with Crippen LogP contribution in [0.15, 0.2) is 18.3 Å². The van der Waals surface area contributed by atoms with Gasteiger partial charge in [0.2, 0.25) is 0 Å². The molecule has 0 aromatic carbocycles. The number of nitrogens with zero attached hydrogens (tertiary/aromatic N) is 2. The van der Waals surface area contributed by atoms with Crippen LogP contribution >= 0.6 is 0 Å². The number of nitrogens with one attached hydrogen (secondary N) is 1. The Labute approximate surface area is 120 Å². The smallest absolute Gasteiger partial charge is 0.346 e. The highest BCUT2D eigenvalue weighted by atomic mass is 19.4. The Kier molecular flexibility index (Phi) is 3.61. The molecule has 4 rings (SSSR count). The lowest BCUT2D eigenvalue weighted by molar-refractivity contribution is -0.137. The number of halogens is 3. The van der Waals surface area contributed by atoms with Gasteiger partial charge < -0.3 is 10.2 Å². The van der Waals surface area contributed by atoms with Crippen molar-refractivity contribution in [1.82, 2.24) is 15.2 Å². The second-order valence-electron chi connectivity index (χ2n) is 5.65. The van der Waals surface area contributed by atoms with Crippen molar-refractivity contribution < 1.29 is 18.0 Å². The van der Waals surface area contributed by atoms with E-state index in [0.29, 0.717) is 12.1 Å². The highest BCUT2D eigenvalue weighted by molar-refractivity contribution is 5.92. The molecule has 0 radical (unpaired) electrons. The minimum atomic E-state index is -4.43. The molecule has 0 aliphatic carbocycles. The van der Waals surface area contributed by atoms with Gasteiger partial charge >= 0.3 is 6.18 Å². The molecule has 4 heterocycles. The molecule has 1 aromatic heterocycles. The Morgan fingerprint density at radius 2 is 2.00 bits per heavy atom. The standard InChI is InChI=1S/C14H16F3N3O/c15-14(16,17)10-1-2-11(18-7-10)13(21)19-12-8-20-5-3-9(12)4-6-20/h1-2,7,9,12H,3-6,8H2,(H,19,21). The maximum Gasteiger partial charge on any atom is 0.417 e. The monoisotopic (exact) mass is 299 g/mol. The van der Waals surface area contributed by atoms with E-state index in [1.807, 2.05) is 0 Å². The van der Waals surface area contributed by atoms with Crippen LogP contribution in [-0.4, -0.2) is 41.5 Å². The first-order chi connectivity index (χ1) is 9.93. The summed E-state index contributed by atoms with van der Waals surface area (Å²) in [4.78, 5) is 18.0. The highest BCUT2D eigenvalue weighted by Crippen LogP contribution is 2.29. The Bertz CT molecular complexity index is 521. The Balaban J connectivity index is 1.65. The van der Waals surface area contributed by atoms with Crippen LogP contribution in [0.3, 0.4) is 0 Å². The van der Waals surface area contributed by atoms with E-state index >= 15 is 0 Å². The minimum Gasteiger partial charge on any atom is -0.346 e. The summed E-state index contributed by atoms with van der Waals surface area (Å²) >= 11 is 0. The van der Waals surface area contributed by atoms with Gasteiger partial charge in [0.05, 0.1) is 5.56 Å². The summed E-state index contributed by atoms with van der Waals surface area (Å²) in [6.45, 7) is 2.95. The van der Waals surface area contributed by atoms with Crippen molar-refractivity contribution in [3.8, 4) is 0 Å². The van der Waals surface area contributed by atoms with Gasteiger partial charge in [-0.3, -0.25) is 9.78 Å². The molecule has 1 aromatic rings. The molecule has 3 fully saturated rings. The predicted octanol–water partition coefficient (Wildman–Crippen LogP) is 1.92. The summed E-state index contributed by atoms with van der Waals surface area (Å²) in [5.41, 5.74) is -0.818. The van der Waals surface area contributed by atoms with E-state index in [1.165, 1.54) is 0 Å². The fourth-order valence-electron chi connectivity index (χ4n) is 3.07. The number of fused-ring (bicyclic) bond motifs is 3. The molecule has 0 saturated carbocycles. The normalized spacial score (nSPS) is 28.4. The summed E-state index contributed by atoms with van der Waals surface area (Å²) < 4.78 is 37.3. The second kappa shape index (κ2) is 5.29. The second-order valence-corrected chi connectivity index (χ2v) is 5.65. The lowest BCUT2D eigenvalue weighted by Crippen LogP contribution is -2.57. The molecule has 0 spiro atoms. The molecule has 4 nitrogen and oxygen atoms in total. The zero-order chi connectivity index (χ0) is 15.0. The molecule has 1 N–H and O–H groups in total. The van der Waals surface area contributed by atoms with Gasteiger partial charge in [-0.15, -0.1) is 0 Å². The average Bonchev–Trinajstić information content (AvgIpc) is 2.48. The molecule has 1 atom stereocenters. The van der Waals surface area contributed by atoms with Crippen LogP contribution in [0.5, 0.6) is 0 Å². The van der Waals surface area contributed by atoms with E-state index in [4.69, 9.17) is 0 Å².